The van der Waals surface area contributed by atoms with Gasteiger partial charge in [0, 0.05) is 17.2 Å². The molecule has 0 fully saturated rings. The Hall–Kier alpha value is -1.29. The highest BCUT2D eigenvalue weighted by molar-refractivity contribution is 9.10. The fourth-order valence-electron chi connectivity index (χ4n) is 1.45. The zero-order valence-electron chi connectivity index (χ0n) is 10.6. The van der Waals surface area contributed by atoms with Crippen molar-refractivity contribution in [2.75, 3.05) is 6.54 Å². The third-order valence-electron chi connectivity index (χ3n) is 2.40. The first kappa shape index (κ1) is 14.8. The monoisotopic (exact) mass is 310 g/mol. The lowest BCUT2D eigenvalue weighted by Crippen LogP contribution is -2.32. The second-order valence-corrected chi connectivity index (χ2v) is 4.91. The Morgan fingerprint density at radius 1 is 1.39 bits per heavy atom. The summed E-state index contributed by atoms with van der Waals surface area (Å²) in [4.78, 5) is 11.4. The quantitative estimate of drug-likeness (QED) is 0.768. The number of urea groups is 1. The zero-order valence-corrected chi connectivity index (χ0v) is 12.2. The Bertz CT molecular complexity index is 405. The predicted octanol–water partition coefficient (Wildman–Crippen LogP) is 3.91. The van der Waals surface area contributed by atoms with Crippen molar-refractivity contribution in [2.45, 2.75) is 26.2 Å². The van der Waals surface area contributed by atoms with E-state index in [1.165, 1.54) is 0 Å². The minimum absolute atomic E-state index is 0.155. The summed E-state index contributed by atoms with van der Waals surface area (Å²) >= 11 is 3.40. The predicted molar refractivity (Wildman–Crippen MR) is 79.2 cm³/mol. The molecule has 2 amide bonds. The molecule has 0 aliphatic heterocycles. The number of benzene rings is 1. The van der Waals surface area contributed by atoms with Gasteiger partial charge < -0.3 is 10.6 Å². The van der Waals surface area contributed by atoms with Crippen LogP contribution in [-0.2, 0) is 0 Å². The van der Waals surface area contributed by atoms with Crippen molar-refractivity contribution in [1.82, 2.24) is 10.6 Å². The second kappa shape index (κ2) is 8.75. The van der Waals surface area contributed by atoms with Crippen molar-refractivity contribution in [3.63, 3.8) is 0 Å². The Labute approximate surface area is 117 Å². The fourth-order valence-corrected chi connectivity index (χ4v) is 1.87. The number of rotatable bonds is 6. The van der Waals surface area contributed by atoms with Gasteiger partial charge in [0.15, 0.2) is 0 Å². The van der Waals surface area contributed by atoms with E-state index >= 15 is 0 Å². The first-order chi connectivity index (χ1) is 8.72. The molecule has 0 saturated carbocycles. The Balaban J connectivity index is 2.25. The Kier molecular flexibility index (Phi) is 7.18. The molecule has 0 aromatic heterocycles. The molecule has 0 unspecified atom stereocenters. The highest BCUT2D eigenvalue weighted by Gasteiger charge is 1.95. The van der Waals surface area contributed by atoms with Crippen LogP contribution in [-0.4, -0.2) is 12.6 Å². The van der Waals surface area contributed by atoms with Gasteiger partial charge in [-0.2, -0.15) is 0 Å². The van der Waals surface area contributed by atoms with E-state index in [0.29, 0.717) is 0 Å². The first-order valence-electron chi connectivity index (χ1n) is 6.19. The minimum atomic E-state index is -0.155. The molecule has 0 bridgehead atoms. The summed E-state index contributed by atoms with van der Waals surface area (Å²) in [7, 11) is 0. The van der Waals surface area contributed by atoms with Crippen molar-refractivity contribution in [3.8, 4) is 0 Å². The molecule has 1 aromatic carbocycles. The molecule has 2 N–H and O–H groups in total. The highest BCUT2D eigenvalue weighted by Crippen LogP contribution is 2.12. The fraction of sp³-hybridized carbons (Fsp3) is 0.357. The molecule has 0 atom stereocenters. The van der Waals surface area contributed by atoms with E-state index in [2.05, 4.69) is 33.5 Å². The number of nitrogens with one attached hydrogen (secondary N) is 2. The standard InChI is InChI=1S/C14H19BrN2O/c1-2-3-4-9-16-14(18)17-10-8-12-6-5-7-13(15)11-12/h5-8,10-11H,2-4,9H2,1H3,(H2,16,17,18)/b10-8+. The molecule has 98 valence electrons. The van der Waals surface area contributed by atoms with Gasteiger partial charge in [-0.25, -0.2) is 4.79 Å². The lowest BCUT2D eigenvalue weighted by atomic mass is 10.2. The van der Waals surface area contributed by atoms with Crippen LogP contribution in [0.3, 0.4) is 0 Å². The molecule has 1 aromatic rings. The molecular formula is C14H19BrN2O. The summed E-state index contributed by atoms with van der Waals surface area (Å²) in [6.07, 6.45) is 6.84. The van der Waals surface area contributed by atoms with Crippen LogP contribution in [0.4, 0.5) is 4.79 Å². The summed E-state index contributed by atoms with van der Waals surface area (Å²) in [5, 5.41) is 5.49. The third-order valence-corrected chi connectivity index (χ3v) is 2.90. The normalized spacial score (nSPS) is 10.6. The van der Waals surface area contributed by atoms with E-state index in [1.807, 2.05) is 30.3 Å². The maximum absolute atomic E-state index is 11.4. The van der Waals surface area contributed by atoms with Gasteiger partial charge in [0.2, 0.25) is 0 Å². The molecule has 0 saturated heterocycles. The van der Waals surface area contributed by atoms with E-state index in [9.17, 15) is 4.79 Å². The van der Waals surface area contributed by atoms with Crippen LogP contribution in [0.5, 0.6) is 0 Å². The van der Waals surface area contributed by atoms with E-state index in [0.717, 1.165) is 35.8 Å². The maximum Gasteiger partial charge on any atom is 0.318 e. The average molecular weight is 311 g/mol. The average Bonchev–Trinajstić information content (AvgIpc) is 2.35. The lowest BCUT2D eigenvalue weighted by molar-refractivity contribution is 0.244. The van der Waals surface area contributed by atoms with Crippen molar-refractivity contribution in [2.24, 2.45) is 0 Å². The van der Waals surface area contributed by atoms with Gasteiger partial charge in [0.25, 0.3) is 0 Å². The maximum atomic E-state index is 11.4. The summed E-state index contributed by atoms with van der Waals surface area (Å²) in [5.41, 5.74) is 1.04. The number of hydrogen-bond acceptors (Lipinski definition) is 1. The number of amides is 2. The number of halogens is 1. The van der Waals surface area contributed by atoms with Crippen LogP contribution >= 0.6 is 15.9 Å². The molecule has 0 aliphatic rings. The molecule has 18 heavy (non-hydrogen) atoms. The second-order valence-electron chi connectivity index (χ2n) is 4.00. The van der Waals surface area contributed by atoms with Crippen LogP contribution in [0.2, 0.25) is 0 Å². The SMILES string of the molecule is CCCCCNC(=O)N/C=C/c1cccc(Br)c1. The number of hydrogen-bond donors (Lipinski definition) is 2. The van der Waals surface area contributed by atoms with Crippen molar-refractivity contribution in [3.05, 3.63) is 40.5 Å². The molecule has 3 nitrogen and oxygen atoms in total. The molecule has 4 heteroatoms. The van der Waals surface area contributed by atoms with E-state index < -0.39 is 0 Å². The van der Waals surface area contributed by atoms with Crippen molar-refractivity contribution in [1.29, 1.82) is 0 Å². The Morgan fingerprint density at radius 3 is 2.94 bits per heavy atom. The van der Waals surface area contributed by atoms with Crippen molar-refractivity contribution >= 4 is 28.0 Å². The summed E-state index contributed by atoms with van der Waals surface area (Å²) in [6.45, 7) is 2.87. The van der Waals surface area contributed by atoms with Gasteiger partial charge in [-0.05, 0) is 30.2 Å². The van der Waals surface area contributed by atoms with Crippen LogP contribution in [0.15, 0.2) is 34.9 Å². The van der Waals surface area contributed by atoms with Crippen LogP contribution in [0, 0.1) is 0 Å². The van der Waals surface area contributed by atoms with E-state index in [-0.39, 0.29) is 6.03 Å². The molecule has 0 spiro atoms. The van der Waals surface area contributed by atoms with Crippen LogP contribution in [0.25, 0.3) is 6.08 Å². The zero-order chi connectivity index (χ0) is 13.2. The Morgan fingerprint density at radius 2 is 2.22 bits per heavy atom. The number of carbonyl (C=O) groups excluding carboxylic acids is 1. The molecule has 1 rings (SSSR count). The van der Waals surface area contributed by atoms with E-state index in [4.69, 9.17) is 0 Å². The van der Waals surface area contributed by atoms with Crippen LogP contribution in [0.1, 0.15) is 31.7 Å². The molecule has 0 heterocycles. The summed E-state index contributed by atoms with van der Waals surface area (Å²) in [5.74, 6) is 0. The number of unbranched alkanes of at least 4 members (excludes halogenated alkanes) is 2. The molecule has 0 radical (unpaired) electrons. The highest BCUT2D eigenvalue weighted by atomic mass is 79.9. The smallest absolute Gasteiger partial charge is 0.318 e. The van der Waals surface area contributed by atoms with Gasteiger partial charge in [-0.1, -0.05) is 47.8 Å². The first-order valence-corrected chi connectivity index (χ1v) is 6.98. The lowest BCUT2D eigenvalue weighted by Gasteiger charge is -2.03. The summed E-state index contributed by atoms with van der Waals surface area (Å²) in [6, 6.07) is 7.72. The van der Waals surface area contributed by atoms with Gasteiger partial charge in [0.05, 0.1) is 0 Å². The number of carbonyl (C=O) groups is 1. The molecular weight excluding hydrogens is 292 g/mol. The molecule has 0 aliphatic carbocycles. The van der Waals surface area contributed by atoms with E-state index in [1.54, 1.807) is 6.20 Å². The largest absolute Gasteiger partial charge is 0.338 e. The van der Waals surface area contributed by atoms with Gasteiger partial charge in [-0.15, -0.1) is 0 Å². The van der Waals surface area contributed by atoms with Gasteiger partial charge >= 0.3 is 6.03 Å². The minimum Gasteiger partial charge on any atom is -0.338 e. The van der Waals surface area contributed by atoms with Crippen molar-refractivity contribution < 1.29 is 4.79 Å². The third kappa shape index (κ3) is 6.45. The van der Waals surface area contributed by atoms with Gasteiger partial charge in [0.1, 0.15) is 0 Å². The van der Waals surface area contributed by atoms with Gasteiger partial charge in [-0.3, -0.25) is 0 Å². The van der Waals surface area contributed by atoms with Crippen LogP contribution < -0.4 is 10.6 Å². The summed E-state index contributed by atoms with van der Waals surface area (Å²) < 4.78 is 1.02. The topological polar surface area (TPSA) is 41.1 Å².